The first-order valence-corrected chi connectivity index (χ1v) is 6.88. The second-order valence-electron chi connectivity index (χ2n) is 4.75. The second-order valence-corrected chi connectivity index (χ2v) is 5.59. The molecule has 110 valence electrons. The molecule has 1 atom stereocenters. The molecule has 6 heteroatoms. The lowest BCUT2D eigenvalue weighted by Gasteiger charge is -2.30. The summed E-state index contributed by atoms with van der Waals surface area (Å²) in [6, 6.07) is 10.6. The van der Waals surface area contributed by atoms with E-state index in [0.717, 1.165) is 6.07 Å². The van der Waals surface area contributed by atoms with Gasteiger partial charge < -0.3 is 11.1 Å². The number of nitrogens with one attached hydrogen (secondary N) is 1. The van der Waals surface area contributed by atoms with Gasteiger partial charge >= 0.3 is 0 Å². The number of rotatable bonds is 4. The van der Waals surface area contributed by atoms with E-state index in [-0.39, 0.29) is 5.02 Å². The first-order valence-electron chi connectivity index (χ1n) is 6.12. The summed E-state index contributed by atoms with van der Waals surface area (Å²) in [6.07, 6.45) is 0. The van der Waals surface area contributed by atoms with Gasteiger partial charge in [-0.15, -0.1) is 0 Å². The Hall–Kier alpha value is -1.78. The van der Waals surface area contributed by atoms with Gasteiger partial charge in [0.2, 0.25) is 5.91 Å². The van der Waals surface area contributed by atoms with Gasteiger partial charge in [-0.05, 0) is 37.3 Å². The third-order valence-corrected chi connectivity index (χ3v) is 3.73. The van der Waals surface area contributed by atoms with Crippen LogP contribution in [0.5, 0.6) is 0 Å². The second kappa shape index (κ2) is 5.92. The van der Waals surface area contributed by atoms with E-state index in [1.807, 2.05) is 0 Å². The van der Waals surface area contributed by atoms with E-state index in [9.17, 15) is 9.18 Å². The van der Waals surface area contributed by atoms with Crippen LogP contribution in [0.1, 0.15) is 12.5 Å². The van der Waals surface area contributed by atoms with E-state index in [0.29, 0.717) is 16.3 Å². The Kier molecular flexibility index (Phi) is 4.40. The van der Waals surface area contributed by atoms with Crippen molar-refractivity contribution in [2.24, 2.45) is 5.73 Å². The molecule has 0 aliphatic heterocycles. The molecular formula is C15H13Cl2FN2O. The molecule has 0 saturated heterocycles. The third-order valence-electron chi connectivity index (χ3n) is 3.18. The summed E-state index contributed by atoms with van der Waals surface area (Å²) in [5.41, 5.74) is 5.20. The topological polar surface area (TPSA) is 55.1 Å². The van der Waals surface area contributed by atoms with Crippen LogP contribution in [0.25, 0.3) is 0 Å². The van der Waals surface area contributed by atoms with Crippen molar-refractivity contribution in [2.45, 2.75) is 12.5 Å². The zero-order chi connectivity index (χ0) is 15.6. The summed E-state index contributed by atoms with van der Waals surface area (Å²) in [6.45, 7) is 1.58. The molecule has 1 unspecified atom stereocenters. The Morgan fingerprint density at radius 3 is 2.52 bits per heavy atom. The number of halogens is 3. The van der Waals surface area contributed by atoms with Gasteiger partial charge in [0, 0.05) is 21.3 Å². The summed E-state index contributed by atoms with van der Waals surface area (Å²) in [4.78, 5) is 11.9. The highest BCUT2D eigenvalue weighted by Crippen LogP contribution is 2.32. The third kappa shape index (κ3) is 3.28. The number of carbonyl (C=O) groups is 1. The molecule has 0 aliphatic rings. The van der Waals surface area contributed by atoms with Gasteiger partial charge in [-0.1, -0.05) is 35.3 Å². The first-order chi connectivity index (χ1) is 9.83. The lowest BCUT2D eigenvalue weighted by atomic mass is 9.90. The Balaban J connectivity index is 2.48. The number of hydrogen-bond donors (Lipinski definition) is 2. The maximum Gasteiger partial charge on any atom is 0.247 e. The van der Waals surface area contributed by atoms with Gasteiger partial charge in [-0.3, -0.25) is 4.79 Å². The summed E-state index contributed by atoms with van der Waals surface area (Å²) in [7, 11) is 0. The standard InChI is InChI=1S/C15H13Cl2FN2O/c1-15(14(19)21,12-6-5-10(18)8-13(12)17)20-11-4-2-3-9(16)7-11/h2-8,20H,1H3,(H2,19,21). The molecule has 0 heterocycles. The number of amides is 1. The van der Waals surface area contributed by atoms with Crippen LogP contribution in [0.4, 0.5) is 10.1 Å². The molecule has 0 fully saturated rings. The molecule has 3 N–H and O–H groups in total. The van der Waals surface area contributed by atoms with E-state index in [4.69, 9.17) is 28.9 Å². The van der Waals surface area contributed by atoms with E-state index in [2.05, 4.69) is 5.32 Å². The predicted octanol–water partition coefficient (Wildman–Crippen LogP) is 3.95. The van der Waals surface area contributed by atoms with Crippen molar-refractivity contribution in [1.82, 2.24) is 0 Å². The van der Waals surface area contributed by atoms with Gasteiger partial charge in [0.1, 0.15) is 11.4 Å². The largest absolute Gasteiger partial charge is 0.368 e. The van der Waals surface area contributed by atoms with Crippen molar-refractivity contribution >= 4 is 34.8 Å². The SMILES string of the molecule is CC(Nc1cccc(Cl)c1)(C(N)=O)c1ccc(F)cc1Cl. The monoisotopic (exact) mass is 326 g/mol. The van der Waals surface area contributed by atoms with Crippen molar-refractivity contribution in [2.75, 3.05) is 5.32 Å². The van der Waals surface area contributed by atoms with Crippen LogP contribution in [-0.4, -0.2) is 5.91 Å². The summed E-state index contributed by atoms with van der Waals surface area (Å²) in [5, 5.41) is 3.63. The molecule has 0 spiro atoms. The Morgan fingerprint density at radius 2 is 1.95 bits per heavy atom. The molecular weight excluding hydrogens is 314 g/mol. The average molecular weight is 327 g/mol. The Morgan fingerprint density at radius 1 is 1.24 bits per heavy atom. The van der Waals surface area contributed by atoms with Gasteiger partial charge in [-0.25, -0.2) is 4.39 Å². The molecule has 2 aromatic rings. The van der Waals surface area contributed by atoms with E-state index < -0.39 is 17.3 Å². The summed E-state index contributed by atoms with van der Waals surface area (Å²) >= 11 is 12.0. The van der Waals surface area contributed by atoms with Crippen LogP contribution >= 0.6 is 23.2 Å². The Labute approximate surface area is 131 Å². The normalized spacial score (nSPS) is 13.5. The molecule has 3 nitrogen and oxygen atoms in total. The first kappa shape index (κ1) is 15.6. The molecule has 21 heavy (non-hydrogen) atoms. The quantitative estimate of drug-likeness (QED) is 0.893. The highest BCUT2D eigenvalue weighted by atomic mass is 35.5. The summed E-state index contributed by atoms with van der Waals surface area (Å²) in [5.74, 6) is -1.13. The van der Waals surface area contributed by atoms with Crippen LogP contribution in [0, 0.1) is 5.82 Å². The maximum atomic E-state index is 13.2. The van der Waals surface area contributed by atoms with Crippen molar-refractivity contribution in [1.29, 1.82) is 0 Å². The maximum absolute atomic E-state index is 13.2. The van der Waals surface area contributed by atoms with Crippen molar-refractivity contribution in [3.63, 3.8) is 0 Å². The van der Waals surface area contributed by atoms with Crippen molar-refractivity contribution in [3.8, 4) is 0 Å². The highest BCUT2D eigenvalue weighted by Gasteiger charge is 2.35. The number of carbonyl (C=O) groups excluding carboxylic acids is 1. The molecule has 0 bridgehead atoms. The highest BCUT2D eigenvalue weighted by molar-refractivity contribution is 6.32. The van der Waals surface area contributed by atoms with Crippen molar-refractivity contribution in [3.05, 3.63) is 63.9 Å². The number of primary amides is 1. The number of anilines is 1. The van der Waals surface area contributed by atoms with E-state index >= 15 is 0 Å². The number of hydrogen-bond acceptors (Lipinski definition) is 2. The molecule has 0 aromatic heterocycles. The number of nitrogens with two attached hydrogens (primary N) is 1. The molecule has 0 aliphatic carbocycles. The van der Waals surface area contributed by atoms with Crippen LogP contribution in [0.15, 0.2) is 42.5 Å². The van der Waals surface area contributed by atoms with Gasteiger partial charge in [0.05, 0.1) is 0 Å². The number of benzene rings is 2. The minimum atomic E-state index is -1.30. The van der Waals surface area contributed by atoms with Gasteiger partial charge in [0.25, 0.3) is 0 Å². The van der Waals surface area contributed by atoms with Crippen molar-refractivity contribution < 1.29 is 9.18 Å². The lowest BCUT2D eigenvalue weighted by Crippen LogP contribution is -2.45. The fourth-order valence-electron chi connectivity index (χ4n) is 2.01. The van der Waals surface area contributed by atoms with Crippen LogP contribution in [-0.2, 0) is 10.3 Å². The molecule has 2 aromatic carbocycles. The average Bonchev–Trinajstić information content (AvgIpc) is 2.38. The summed E-state index contributed by atoms with van der Waals surface area (Å²) < 4.78 is 13.2. The van der Waals surface area contributed by atoms with Crippen LogP contribution < -0.4 is 11.1 Å². The fourth-order valence-corrected chi connectivity index (χ4v) is 2.56. The van der Waals surface area contributed by atoms with E-state index in [1.165, 1.54) is 12.1 Å². The smallest absolute Gasteiger partial charge is 0.247 e. The van der Waals surface area contributed by atoms with E-state index in [1.54, 1.807) is 31.2 Å². The minimum absolute atomic E-state index is 0.117. The fraction of sp³-hybridized carbons (Fsp3) is 0.133. The molecule has 2 rings (SSSR count). The molecule has 1 amide bonds. The minimum Gasteiger partial charge on any atom is -0.368 e. The van der Waals surface area contributed by atoms with Crippen LogP contribution in [0.3, 0.4) is 0 Å². The molecule has 0 saturated carbocycles. The zero-order valence-electron chi connectivity index (χ0n) is 11.2. The van der Waals surface area contributed by atoms with Gasteiger partial charge in [0.15, 0.2) is 0 Å². The zero-order valence-corrected chi connectivity index (χ0v) is 12.7. The van der Waals surface area contributed by atoms with Gasteiger partial charge in [-0.2, -0.15) is 0 Å². The predicted molar refractivity (Wildman–Crippen MR) is 83.0 cm³/mol. The van der Waals surface area contributed by atoms with Crippen LogP contribution in [0.2, 0.25) is 10.0 Å². The lowest BCUT2D eigenvalue weighted by molar-refractivity contribution is -0.122. The Bertz CT molecular complexity index is 693. The molecule has 0 radical (unpaired) electrons.